The lowest BCUT2D eigenvalue weighted by Crippen LogP contribution is -2.55. The lowest BCUT2D eigenvalue weighted by Gasteiger charge is -2.22. The third-order valence-electron chi connectivity index (χ3n) is 2.80. The molecule has 132 valence electrons. The first-order chi connectivity index (χ1) is 10.7. The molecule has 0 aliphatic rings. The van der Waals surface area contributed by atoms with Crippen LogP contribution in [0.5, 0.6) is 0 Å². The third-order valence-corrected chi connectivity index (χ3v) is 3.81. The van der Waals surface area contributed by atoms with Gasteiger partial charge in [-0.05, 0) is 18.4 Å². The molecule has 3 atom stereocenters. The van der Waals surface area contributed by atoms with Crippen LogP contribution in [0.25, 0.3) is 0 Å². The predicted molar refractivity (Wildman–Crippen MR) is 90.1 cm³/mol. The molecule has 0 saturated carbocycles. The Morgan fingerprint density at radius 3 is 2.17 bits per heavy atom. The highest BCUT2D eigenvalue weighted by Gasteiger charge is 2.27. The highest BCUT2D eigenvalue weighted by molar-refractivity contribution is 7.98. The Morgan fingerprint density at radius 2 is 1.74 bits per heavy atom. The second-order valence-electron chi connectivity index (χ2n) is 4.70. The SMILES string of the molecule is CSCCC(NC(=O)C(N)CC(N)=O)C(=O)NC(CS)C(=O)O. The van der Waals surface area contributed by atoms with Crippen LogP contribution in [-0.4, -0.2) is 64.7 Å². The molecular formula is C12H22N4O5S2. The van der Waals surface area contributed by atoms with E-state index in [-0.39, 0.29) is 18.6 Å². The third kappa shape index (κ3) is 8.67. The van der Waals surface area contributed by atoms with Gasteiger partial charge in [-0.2, -0.15) is 24.4 Å². The van der Waals surface area contributed by atoms with Gasteiger partial charge in [0.05, 0.1) is 12.5 Å². The molecule has 3 unspecified atom stereocenters. The number of carbonyl (C=O) groups excluding carboxylic acids is 3. The largest absolute Gasteiger partial charge is 0.480 e. The lowest BCUT2D eigenvalue weighted by molar-refractivity contribution is -0.141. The van der Waals surface area contributed by atoms with E-state index in [4.69, 9.17) is 16.6 Å². The highest BCUT2D eigenvalue weighted by Crippen LogP contribution is 2.03. The number of rotatable bonds is 11. The number of nitrogens with two attached hydrogens (primary N) is 2. The van der Waals surface area contributed by atoms with E-state index in [2.05, 4.69) is 23.3 Å². The highest BCUT2D eigenvalue weighted by atomic mass is 32.2. The average Bonchev–Trinajstić information content (AvgIpc) is 2.47. The second-order valence-corrected chi connectivity index (χ2v) is 6.05. The monoisotopic (exact) mass is 366 g/mol. The van der Waals surface area contributed by atoms with Gasteiger partial charge in [-0.25, -0.2) is 4.79 Å². The Kier molecular flexibility index (Phi) is 10.4. The number of thioether (sulfide) groups is 1. The molecule has 0 saturated heterocycles. The number of hydrogen-bond donors (Lipinski definition) is 6. The summed E-state index contributed by atoms with van der Waals surface area (Å²) >= 11 is 5.31. The number of carbonyl (C=O) groups is 4. The molecular weight excluding hydrogens is 344 g/mol. The van der Waals surface area contributed by atoms with Gasteiger partial charge < -0.3 is 27.2 Å². The molecule has 0 rings (SSSR count). The van der Waals surface area contributed by atoms with Crippen molar-refractivity contribution >= 4 is 48.1 Å². The molecule has 9 nitrogen and oxygen atoms in total. The quantitative estimate of drug-likeness (QED) is 0.228. The van der Waals surface area contributed by atoms with E-state index in [0.29, 0.717) is 5.75 Å². The summed E-state index contributed by atoms with van der Waals surface area (Å²) < 4.78 is 0. The molecule has 0 bridgehead atoms. The lowest BCUT2D eigenvalue weighted by atomic mass is 10.1. The van der Waals surface area contributed by atoms with E-state index < -0.39 is 41.8 Å². The number of thiol groups is 1. The summed E-state index contributed by atoms with van der Waals surface area (Å²) in [6.07, 6.45) is 1.75. The first-order valence-electron chi connectivity index (χ1n) is 6.70. The van der Waals surface area contributed by atoms with Crippen molar-refractivity contribution in [2.45, 2.75) is 31.0 Å². The minimum atomic E-state index is -1.23. The molecule has 0 aromatic carbocycles. The minimum Gasteiger partial charge on any atom is -0.480 e. The second kappa shape index (κ2) is 11.1. The van der Waals surface area contributed by atoms with Crippen LogP contribution in [0.1, 0.15) is 12.8 Å². The van der Waals surface area contributed by atoms with E-state index in [9.17, 15) is 19.2 Å². The fourth-order valence-corrected chi connectivity index (χ4v) is 2.27. The van der Waals surface area contributed by atoms with Crippen molar-refractivity contribution in [2.24, 2.45) is 11.5 Å². The number of nitrogens with one attached hydrogen (secondary N) is 2. The maximum Gasteiger partial charge on any atom is 0.327 e. The number of hydrogen-bond acceptors (Lipinski definition) is 7. The zero-order chi connectivity index (χ0) is 18.0. The zero-order valence-corrected chi connectivity index (χ0v) is 14.4. The number of amides is 3. The smallest absolute Gasteiger partial charge is 0.327 e. The van der Waals surface area contributed by atoms with E-state index in [1.807, 2.05) is 6.26 Å². The molecule has 0 spiro atoms. The van der Waals surface area contributed by atoms with Gasteiger partial charge in [0.2, 0.25) is 17.7 Å². The summed E-state index contributed by atoms with van der Waals surface area (Å²) in [5, 5.41) is 13.6. The number of primary amides is 1. The van der Waals surface area contributed by atoms with E-state index in [1.54, 1.807) is 0 Å². The van der Waals surface area contributed by atoms with Crippen LogP contribution in [0.4, 0.5) is 0 Å². The van der Waals surface area contributed by atoms with Crippen molar-refractivity contribution in [3.63, 3.8) is 0 Å². The Labute approximate surface area is 143 Å². The average molecular weight is 366 g/mol. The molecule has 0 aromatic rings. The fourth-order valence-electron chi connectivity index (χ4n) is 1.55. The summed E-state index contributed by atoms with van der Waals surface area (Å²) in [4.78, 5) is 45.7. The Hall–Kier alpha value is -1.46. The van der Waals surface area contributed by atoms with Crippen molar-refractivity contribution < 1.29 is 24.3 Å². The van der Waals surface area contributed by atoms with Crippen molar-refractivity contribution in [3.05, 3.63) is 0 Å². The van der Waals surface area contributed by atoms with Gasteiger partial charge in [0, 0.05) is 5.75 Å². The molecule has 0 aliphatic carbocycles. The predicted octanol–water partition coefficient (Wildman–Crippen LogP) is -2.07. The first-order valence-corrected chi connectivity index (χ1v) is 8.72. The van der Waals surface area contributed by atoms with Crippen LogP contribution in [-0.2, 0) is 19.2 Å². The molecule has 0 aromatic heterocycles. The first kappa shape index (κ1) is 21.5. The number of carboxylic acids is 1. The summed E-state index contributed by atoms with van der Waals surface area (Å²) in [5.74, 6) is -2.86. The van der Waals surface area contributed by atoms with Crippen molar-refractivity contribution in [1.29, 1.82) is 0 Å². The molecule has 0 fully saturated rings. The summed E-state index contributed by atoms with van der Waals surface area (Å²) in [6, 6.07) is -3.30. The molecule has 0 radical (unpaired) electrons. The Morgan fingerprint density at radius 1 is 1.17 bits per heavy atom. The summed E-state index contributed by atoms with van der Waals surface area (Å²) in [7, 11) is 0. The van der Waals surface area contributed by atoms with Gasteiger partial charge in [-0.15, -0.1) is 0 Å². The molecule has 11 heteroatoms. The van der Waals surface area contributed by atoms with E-state index in [0.717, 1.165) is 0 Å². The van der Waals surface area contributed by atoms with Crippen molar-refractivity contribution in [3.8, 4) is 0 Å². The van der Waals surface area contributed by atoms with E-state index in [1.165, 1.54) is 11.8 Å². The summed E-state index contributed by atoms with van der Waals surface area (Å²) in [6.45, 7) is 0. The topological polar surface area (TPSA) is 165 Å². The minimum absolute atomic E-state index is 0.0918. The van der Waals surface area contributed by atoms with Crippen LogP contribution < -0.4 is 22.1 Å². The maximum absolute atomic E-state index is 12.1. The van der Waals surface area contributed by atoms with Crippen LogP contribution in [0, 0.1) is 0 Å². The van der Waals surface area contributed by atoms with Crippen molar-refractivity contribution in [2.75, 3.05) is 17.8 Å². The number of carboxylic acid groups (broad SMARTS) is 1. The van der Waals surface area contributed by atoms with E-state index >= 15 is 0 Å². The molecule has 3 amide bonds. The number of aliphatic carboxylic acids is 1. The summed E-state index contributed by atoms with van der Waals surface area (Å²) in [5.41, 5.74) is 10.5. The van der Waals surface area contributed by atoms with Crippen LogP contribution in [0.15, 0.2) is 0 Å². The standard InChI is InChI=1S/C12H22N4O5S2/c1-23-3-2-7(11(19)16-8(5-22)12(20)21)15-10(18)6(13)4-9(14)17/h6-8,22H,2-5,13H2,1H3,(H2,14,17)(H,15,18)(H,16,19)(H,20,21). The normalized spacial score (nSPS) is 14.4. The molecule has 0 heterocycles. The fraction of sp³-hybridized carbons (Fsp3) is 0.667. The molecule has 0 aliphatic heterocycles. The Bertz CT molecular complexity index is 449. The maximum atomic E-state index is 12.1. The van der Waals surface area contributed by atoms with Crippen molar-refractivity contribution in [1.82, 2.24) is 10.6 Å². The zero-order valence-electron chi connectivity index (χ0n) is 12.7. The van der Waals surface area contributed by atoms with Gasteiger partial charge >= 0.3 is 5.97 Å². The van der Waals surface area contributed by atoms with Gasteiger partial charge in [-0.3, -0.25) is 14.4 Å². The van der Waals surface area contributed by atoms with Gasteiger partial charge in [0.25, 0.3) is 0 Å². The molecule has 7 N–H and O–H groups in total. The van der Waals surface area contributed by atoms with Gasteiger partial charge in [-0.1, -0.05) is 0 Å². The van der Waals surface area contributed by atoms with Crippen LogP contribution >= 0.6 is 24.4 Å². The molecule has 23 heavy (non-hydrogen) atoms. The van der Waals surface area contributed by atoms with Crippen LogP contribution in [0.2, 0.25) is 0 Å². The Balaban J connectivity index is 4.85. The van der Waals surface area contributed by atoms with Gasteiger partial charge in [0.1, 0.15) is 12.1 Å². The van der Waals surface area contributed by atoms with Crippen LogP contribution in [0.3, 0.4) is 0 Å². The van der Waals surface area contributed by atoms with Gasteiger partial charge in [0.15, 0.2) is 0 Å².